The number of nitrogens with zero attached hydrogens (tertiary/aromatic N) is 1. The second-order valence-electron chi connectivity index (χ2n) is 6.63. The van der Waals surface area contributed by atoms with Gasteiger partial charge in [0.05, 0.1) is 6.57 Å². The first-order chi connectivity index (χ1) is 12.9. The van der Waals surface area contributed by atoms with E-state index in [1.165, 1.54) is 13.0 Å². The van der Waals surface area contributed by atoms with E-state index in [0.717, 1.165) is 32.1 Å². The normalized spacial score (nSPS) is 16.1. The minimum atomic E-state index is -1.07. The molecule has 1 unspecified atom stereocenters. The third kappa shape index (κ3) is 5.96. The van der Waals surface area contributed by atoms with E-state index in [-0.39, 0.29) is 11.6 Å². The number of aliphatic carboxylic acids is 1. The zero-order valence-corrected chi connectivity index (χ0v) is 15.2. The third-order valence-electron chi connectivity index (χ3n) is 4.56. The highest BCUT2D eigenvalue weighted by Crippen LogP contribution is 2.27. The number of rotatable bonds is 6. The lowest BCUT2D eigenvalue weighted by Crippen LogP contribution is -2.48. The fraction of sp³-hybridized carbons (Fsp3) is 0.400. The van der Waals surface area contributed by atoms with Crippen LogP contribution in [0.15, 0.2) is 30.0 Å². The summed E-state index contributed by atoms with van der Waals surface area (Å²) >= 11 is 0. The molecule has 2 rings (SSSR count). The number of amides is 2. The monoisotopic (exact) mass is 369 g/mol. The zero-order chi connectivity index (χ0) is 19.8. The number of hydrogen-bond acceptors (Lipinski definition) is 3. The standard InChI is InChI=1S/C20H23N3O4/c1-13(24)22-17(12-14-8-10-16(21-2)11-9-14)19(25)23-18(20(26)27)15-6-4-3-5-7-15/h8-12,15,18H,3-7H2,1H3,(H,22,24)(H,23,25)(H,26,27)/b17-12-. The van der Waals surface area contributed by atoms with Gasteiger partial charge in [-0.3, -0.25) is 9.59 Å². The highest BCUT2D eigenvalue weighted by molar-refractivity contribution is 6.02. The molecule has 0 radical (unpaired) electrons. The summed E-state index contributed by atoms with van der Waals surface area (Å²) in [6.45, 7) is 8.24. The van der Waals surface area contributed by atoms with Crippen LogP contribution < -0.4 is 10.6 Å². The minimum Gasteiger partial charge on any atom is -0.480 e. The second kappa shape index (κ2) is 9.53. The molecule has 3 N–H and O–H groups in total. The zero-order valence-electron chi connectivity index (χ0n) is 15.2. The molecule has 1 atom stereocenters. The van der Waals surface area contributed by atoms with E-state index >= 15 is 0 Å². The highest BCUT2D eigenvalue weighted by Gasteiger charge is 2.31. The van der Waals surface area contributed by atoms with Gasteiger partial charge >= 0.3 is 5.97 Å². The summed E-state index contributed by atoms with van der Waals surface area (Å²) in [4.78, 5) is 39.1. The molecule has 1 aromatic rings. The van der Waals surface area contributed by atoms with Gasteiger partial charge in [0.2, 0.25) is 5.91 Å². The van der Waals surface area contributed by atoms with E-state index in [0.29, 0.717) is 11.3 Å². The van der Waals surface area contributed by atoms with Gasteiger partial charge in [0.15, 0.2) is 5.69 Å². The number of nitrogens with one attached hydrogen (secondary N) is 2. The fourth-order valence-corrected chi connectivity index (χ4v) is 3.23. The minimum absolute atomic E-state index is 0.0277. The molecule has 0 aliphatic heterocycles. The lowest BCUT2D eigenvalue weighted by Gasteiger charge is -2.28. The van der Waals surface area contributed by atoms with Gasteiger partial charge < -0.3 is 15.7 Å². The van der Waals surface area contributed by atoms with Gasteiger partial charge in [-0.2, -0.15) is 0 Å². The Morgan fingerprint density at radius 3 is 2.33 bits per heavy atom. The van der Waals surface area contributed by atoms with Crippen molar-refractivity contribution in [2.45, 2.75) is 45.1 Å². The summed E-state index contributed by atoms with van der Waals surface area (Å²) in [5.74, 6) is -2.26. The van der Waals surface area contributed by atoms with Crippen molar-refractivity contribution in [1.82, 2.24) is 10.6 Å². The maximum Gasteiger partial charge on any atom is 0.326 e. The van der Waals surface area contributed by atoms with Crippen molar-refractivity contribution >= 4 is 29.5 Å². The first-order valence-electron chi connectivity index (χ1n) is 8.91. The van der Waals surface area contributed by atoms with Crippen LogP contribution in [0.25, 0.3) is 10.9 Å². The molecule has 1 saturated carbocycles. The maximum atomic E-state index is 12.7. The van der Waals surface area contributed by atoms with Gasteiger partial charge in [-0.25, -0.2) is 9.64 Å². The number of carbonyl (C=O) groups excluding carboxylic acids is 2. The molecule has 1 fully saturated rings. The fourth-order valence-electron chi connectivity index (χ4n) is 3.23. The van der Waals surface area contributed by atoms with Crippen molar-refractivity contribution in [2.75, 3.05) is 0 Å². The predicted molar refractivity (Wildman–Crippen MR) is 101 cm³/mol. The average molecular weight is 369 g/mol. The Bertz CT molecular complexity index is 771. The lowest BCUT2D eigenvalue weighted by atomic mass is 9.84. The van der Waals surface area contributed by atoms with Crippen LogP contribution in [0.5, 0.6) is 0 Å². The number of carbonyl (C=O) groups is 3. The molecule has 0 saturated heterocycles. The summed E-state index contributed by atoms with van der Waals surface area (Å²) in [7, 11) is 0. The topological polar surface area (TPSA) is 99.9 Å². The summed E-state index contributed by atoms with van der Waals surface area (Å²) in [6, 6.07) is 5.52. The Hall–Kier alpha value is -3.14. The first kappa shape index (κ1) is 20.2. The smallest absolute Gasteiger partial charge is 0.326 e. The summed E-state index contributed by atoms with van der Waals surface area (Å²) in [5.41, 5.74) is 1.05. The van der Waals surface area contributed by atoms with E-state index in [9.17, 15) is 19.5 Å². The van der Waals surface area contributed by atoms with E-state index in [1.54, 1.807) is 24.3 Å². The molecular weight excluding hydrogens is 346 g/mol. The summed E-state index contributed by atoms with van der Waals surface area (Å²) in [6.07, 6.45) is 5.96. The number of benzene rings is 1. The van der Waals surface area contributed by atoms with Gasteiger partial charge in [-0.15, -0.1) is 0 Å². The van der Waals surface area contributed by atoms with Crippen LogP contribution in [0.4, 0.5) is 5.69 Å². The van der Waals surface area contributed by atoms with Crippen molar-refractivity contribution in [3.8, 4) is 0 Å². The quantitative estimate of drug-likeness (QED) is 0.530. The number of hydrogen-bond donors (Lipinski definition) is 3. The highest BCUT2D eigenvalue weighted by atomic mass is 16.4. The lowest BCUT2D eigenvalue weighted by molar-refractivity contribution is -0.143. The van der Waals surface area contributed by atoms with Gasteiger partial charge in [0, 0.05) is 6.92 Å². The van der Waals surface area contributed by atoms with Gasteiger partial charge in [0.25, 0.3) is 5.91 Å². The molecule has 0 spiro atoms. The molecule has 1 aliphatic carbocycles. The molecule has 0 bridgehead atoms. The van der Waals surface area contributed by atoms with Crippen molar-refractivity contribution in [3.63, 3.8) is 0 Å². The molecule has 27 heavy (non-hydrogen) atoms. The van der Waals surface area contributed by atoms with Crippen LogP contribution in [0, 0.1) is 12.5 Å². The van der Waals surface area contributed by atoms with Crippen LogP contribution in [-0.4, -0.2) is 28.9 Å². The molecule has 7 nitrogen and oxygen atoms in total. The van der Waals surface area contributed by atoms with Crippen molar-refractivity contribution in [2.24, 2.45) is 5.92 Å². The van der Waals surface area contributed by atoms with E-state index in [4.69, 9.17) is 6.57 Å². The third-order valence-corrected chi connectivity index (χ3v) is 4.56. The van der Waals surface area contributed by atoms with E-state index in [2.05, 4.69) is 15.5 Å². The molecule has 142 valence electrons. The van der Waals surface area contributed by atoms with Crippen molar-refractivity contribution < 1.29 is 19.5 Å². The number of carboxylic acid groups (broad SMARTS) is 1. The van der Waals surface area contributed by atoms with Crippen LogP contribution in [0.2, 0.25) is 0 Å². The largest absolute Gasteiger partial charge is 0.480 e. The summed E-state index contributed by atoms with van der Waals surface area (Å²) in [5, 5.41) is 14.6. The molecule has 2 amide bonds. The van der Waals surface area contributed by atoms with Crippen LogP contribution in [0.3, 0.4) is 0 Å². The van der Waals surface area contributed by atoms with E-state index in [1.807, 2.05) is 0 Å². The Morgan fingerprint density at radius 1 is 1.19 bits per heavy atom. The maximum absolute atomic E-state index is 12.7. The Kier molecular flexibility index (Phi) is 7.12. The van der Waals surface area contributed by atoms with Gasteiger partial charge in [0.1, 0.15) is 11.7 Å². The predicted octanol–water partition coefficient (Wildman–Crippen LogP) is 2.86. The second-order valence-corrected chi connectivity index (χ2v) is 6.63. The van der Waals surface area contributed by atoms with Crippen molar-refractivity contribution in [1.29, 1.82) is 0 Å². The van der Waals surface area contributed by atoms with Gasteiger partial charge in [-0.05, 0) is 30.4 Å². The Labute approximate surface area is 158 Å². The first-order valence-corrected chi connectivity index (χ1v) is 8.91. The molecular formula is C20H23N3O4. The van der Waals surface area contributed by atoms with Crippen LogP contribution in [-0.2, 0) is 14.4 Å². The molecule has 0 heterocycles. The van der Waals surface area contributed by atoms with Crippen molar-refractivity contribution in [3.05, 3.63) is 46.9 Å². The SMILES string of the molecule is [C-]#[N+]c1ccc(/C=C(\NC(C)=O)C(=O)NC(C(=O)O)C2CCCCC2)cc1. The number of carboxylic acids is 1. The molecule has 1 aromatic carbocycles. The summed E-state index contributed by atoms with van der Waals surface area (Å²) < 4.78 is 0. The van der Waals surface area contributed by atoms with Crippen LogP contribution >= 0.6 is 0 Å². The molecule has 7 heteroatoms. The average Bonchev–Trinajstić information content (AvgIpc) is 2.66. The Balaban J connectivity index is 2.21. The van der Waals surface area contributed by atoms with Crippen LogP contribution in [0.1, 0.15) is 44.6 Å². The van der Waals surface area contributed by atoms with E-state index < -0.39 is 23.8 Å². The Morgan fingerprint density at radius 2 is 1.81 bits per heavy atom. The molecule has 0 aromatic heterocycles. The molecule has 1 aliphatic rings. The van der Waals surface area contributed by atoms with Gasteiger partial charge in [-0.1, -0.05) is 43.5 Å².